The SMILES string of the molecule is COC1CCCN1C(=O)c1ccccc1C. The van der Waals surface area contributed by atoms with Gasteiger partial charge in [-0.05, 0) is 31.4 Å². The molecule has 0 aliphatic carbocycles. The Kier molecular flexibility index (Phi) is 3.25. The van der Waals surface area contributed by atoms with Gasteiger partial charge in [0.25, 0.3) is 5.91 Å². The van der Waals surface area contributed by atoms with Crippen LogP contribution in [0, 0.1) is 6.92 Å². The van der Waals surface area contributed by atoms with Gasteiger partial charge in [-0.1, -0.05) is 18.2 Å². The molecule has 0 spiro atoms. The van der Waals surface area contributed by atoms with Crippen LogP contribution in [0.25, 0.3) is 0 Å². The second kappa shape index (κ2) is 4.66. The monoisotopic (exact) mass is 219 g/mol. The number of aryl methyl sites for hydroxylation is 1. The fourth-order valence-corrected chi connectivity index (χ4v) is 2.18. The average molecular weight is 219 g/mol. The zero-order chi connectivity index (χ0) is 11.5. The van der Waals surface area contributed by atoms with Gasteiger partial charge in [0.05, 0.1) is 0 Å². The summed E-state index contributed by atoms with van der Waals surface area (Å²) in [6, 6.07) is 7.69. The summed E-state index contributed by atoms with van der Waals surface area (Å²) in [6.07, 6.45) is 1.91. The molecule has 1 aliphatic heterocycles. The van der Waals surface area contributed by atoms with E-state index in [9.17, 15) is 4.79 Å². The van der Waals surface area contributed by atoms with E-state index in [1.54, 1.807) is 7.11 Å². The highest BCUT2D eigenvalue weighted by Gasteiger charge is 2.29. The van der Waals surface area contributed by atoms with E-state index in [2.05, 4.69) is 0 Å². The number of carbonyl (C=O) groups is 1. The summed E-state index contributed by atoms with van der Waals surface area (Å²) in [5.41, 5.74) is 1.81. The molecule has 86 valence electrons. The molecule has 0 N–H and O–H groups in total. The van der Waals surface area contributed by atoms with Crippen molar-refractivity contribution in [3.8, 4) is 0 Å². The van der Waals surface area contributed by atoms with E-state index in [4.69, 9.17) is 4.74 Å². The number of methoxy groups -OCH3 is 1. The maximum Gasteiger partial charge on any atom is 0.256 e. The van der Waals surface area contributed by atoms with Crippen molar-refractivity contribution in [2.75, 3.05) is 13.7 Å². The summed E-state index contributed by atoms with van der Waals surface area (Å²) in [5.74, 6) is 0.0856. The summed E-state index contributed by atoms with van der Waals surface area (Å²) in [7, 11) is 1.66. The molecule has 3 nitrogen and oxygen atoms in total. The third-order valence-electron chi connectivity index (χ3n) is 3.11. The number of ether oxygens (including phenoxy) is 1. The summed E-state index contributed by atoms with van der Waals surface area (Å²) >= 11 is 0. The lowest BCUT2D eigenvalue weighted by molar-refractivity contribution is 0.00162. The number of rotatable bonds is 2. The Morgan fingerprint density at radius 2 is 2.19 bits per heavy atom. The predicted octanol–water partition coefficient (Wildman–Crippen LogP) is 2.20. The number of carbonyl (C=O) groups excluding carboxylic acids is 1. The van der Waals surface area contributed by atoms with Crippen LogP contribution in [0.15, 0.2) is 24.3 Å². The van der Waals surface area contributed by atoms with Crippen molar-refractivity contribution < 1.29 is 9.53 Å². The molecule has 1 saturated heterocycles. The number of hydrogen-bond acceptors (Lipinski definition) is 2. The van der Waals surface area contributed by atoms with Crippen LogP contribution in [0.3, 0.4) is 0 Å². The Morgan fingerprint density at radius 3 is 2.88 bits per heavy atom. The van der Waals surface area contributed by atoms with Gasteiger partial charge >= 0.3 is 0 Å². The van der Waals surface area contributed by atoms with Crippen LogP contribution in [0.5, 0.6) is 0 Å². The highest BCUT2D eigenvalue weighted by molar-refractivity contribution is 5.95. The molecular formula is C13H17NO2. The minimum absolute atomic E-state index is 0.0490. The Hall–Kier alpha value is -1.35. The lowest BCUT2D eigenvalue weighted by Gasteiger charge is -2.23. The first-order valence-electron chi connectivity index (χ1n) is 5.63. The number of amides is 1. The molecule has 16 heavy (non-hydrogen) atoms. The molecule has 0 radical (unpaired) electrons. The van der Waals surface area contributed by atoms with Crippen LogP contribution in [-0.2, 0) is 4.74 Å². The van der Waals surface area contributed by atoms with E-state index in [-0.39, 0.29) is 12.1 Å². The second-order valence-electron chi connectivity index (χ2n) is 4.15. The summed E-state index contributed by atoms with van der Waals surface area (Å²) < 4.78 is 5.31. The van der Waals surface area contributed by atoms with Crippen molar-refractivity contribution >= 4 is 5.91 Å². The molecule has 0 saturated carbocycles. The third kappa shape index (κ3) is 1.95. The van der Waals surface area contributed by atoms with Gasteiger partial charge < -0.3 is 9.64 Å². The van der Waals surface area contributed by atoms with Gasteiger partial charge in [-0.3, -0.25) is 4.79 Å². The van der Waals surface area contributed by atoms with Crippen molar-refractivity contribution in [1.82, 2.24) is 4.90 Å². The molecule has 1 heterocycles. The molecule has 1 amide bonds. The summed E-state index contributed by atoms with van der Waals surface area (Å²) in [6.45, 7) is 2.76. The molecule has 0 bridgehead atoms. The molecule has 1 fully saturated rings. The lowest BCUT2D eigenvalue weighted by Crippen LogP contribution is -2.36. The molecule has 1 unspecified atom stereocenters. The first-order chi connectivity index (χ1) is 7.74. The van der Waals surface area contributed by atoms with Crippen molar-refractivity contribution in [2.24, 2.45) is 0 Å². The van der Waals surface area contributed by atoms with Gasteiger partial charge in [0, 0.05) is 19.2 Å². The van der Waals surface area contributed by atoms with Crippen LogP contribution in [0.1, 0.15) is 28.8 Å². The largest absolute Gasteiger partial charge is 0.362 e. The third-order valence-corrected chi connectivity index (χ3v) is 3.11. The van der Waals surface area contributed by atoms with Crippen molar-refractivity contribution in [2.45, 2.75) is 26.0 Å². The van der Waals surface area contributed by atoms with Crippen molar-refractivity contribution in [1.29, 1.82) is 0 Å². The Labute approximate surface area is 96.0 Å². The van der Waals surface area contributed by atoms with Gasteiger partial charge in [0.1, 0.15) is 6.23 Å². The highest BCUT2D eigenvalue weighted by Crippen LogP contribution is 2.21. The smallest absolute Gasteiger partial charge is 0.256 e. The summed E-state index contributed by atoms with van der Waals surface area (Å²) in [5, 5.41) is 0. The van der Waals surface area contributed by atoms with Crippen LogP contribution < -0.4 is 0 Å². The quantitative estimate of drug-likeness (QED) is 0.763. The van der Waals surface area contributed by atoms with Crippen LogP contribution in [-0.4, -0.2) is 30.7 Å². The second-order valence-corrected chi connectivity index (χ2v) is 4.15. The molecule has 1 aromatic rings. The summed E-state index contributed by atoms with van der Waals surface area (Å²) in [4.78, 5) is 14.1. The van der Waals surface area contributed by atoms with Gasteiger partial charge in [0.15, 0.2) is 0 Å². The van der Waals surface area contributed by atoms with E-state index in [1.807, 2.05) is 36.1 Å². The van der Waals surface area contributed by atoms with Gasteiger partial charge in [-0.2, -0.15) is 0 Å². The number of benzene rings is 1. The normalized spacial score (nSPS) is 20.1. The zero-order valence-electron chi connectivity index (χ0n) is 9.77. The Bertz CT molecular complexity index is 389. The Morgan fingerprint density at radius 1 is 1.44 bits per heavy atom. The van der Waals surface area contributed by atoms with E-state index >= 15 is 0 Å². The molecule has 3 heteroatoms. The number of nitrogens with zero attached hydrogens (tertiary/aromatic N) is 1. The standard InChI is InChI=1S/C13H17NO2/c1-10-6-3-4-7-11(10)13(15)14-9-5-8-12(14)16-2/h3-4,6-7,12H,5,8-9H2,1-2H3. The topological polar surface area (TPSA) is 29.5 Å². The number of likely N-dealkylation sites (tertiary alicyclic amines) is 1. The molecule has 2 rings (SSSR count). The molecule has 1 atom stereocenters. The van der Waals surface area contributed by atoms with E-state index in [0.717, 1.165) is 30.5 Å². The van der Waals surface area contributed by atoms with E-state index in [1.165, 1.54) is 0 Å². The molecule has 1 aliphatic rings. The maximum atomic E-state index is 12.3. The van der Waals surface area contributed by atoms with E-state index < -0.39 is 0 Å². The average Bonchev–Trinajstić information content (AvgIpc) is 2.77. The minimum Gasteiger partial charge on any atom is -0.362 e. The fourth-order valence-electron chi connectivity index (χ4n) is 2.18. The van der Waals surface area contributed by atoms with Gasteiger partial charge in [-0.15, -0.1) is 0 Å². The van der Waals surface area contributed by atoms with Gasteiger partial charge in [0.2, 0.25) is 0 Å². The molecule has 1 aromatic carbocycles. The van der Waals surface area contributed by atoms with Crippen LogP contribution >= 0.6 is 0 Å². The lowest BCUT2D eigenvalue weighted by atomic mass is 10.1. The number of hydrogen-bond donors (Lipinski definition) is 0. The zero-order valence-corrected chi connectivity index (χ0v) is 9.77. The van der Waals surface area contributed by atoms with Crippen molar-refractivity contribution in [3.63, 3.8) is 0 Å². The molecule has 0 aromatic heterocycles. The highest BCUT2D eigenvalue weighted by atomic mass is 16.5. The molecular weight excluding hydrogens is 202 g/mol. The fraction of sp³-hybridized carbons (Fsp3) is 0.462. The maximum absolute atomic E-state index is 12.3. The predicted molar refractivity (Wildman–Crippen MR) is 62.2 cm³/mol. The van der Waals surface area contributed by atoms with Gasteiger partial charge in [-0.25, -0.2) is 0 Å². The van der Waals surface area contributed by atoms with Crippen LogP contribution in [0.2, 0.25) is 0 Å². The Balaban J connectivity index is 2.22. The first kappa shape index (κ1) is 11.1. The van der Waals surface area contributed by atoms with Crippen molar-refractivity contribution in [3.05, 3.63) is 35.4 Å². The first-order valence-corrected chi connectivity index (χ1v) is 5.63. The van der Waals surface area contributed by atoms with Crippen LogP contribution in [0.4, 0.5) is 0 Å². The minimum atomic E-state index is -0.0490. The van der Waals surface area contributed by atoms with E-state index in [0.29, 0.717) is 0 Å².